The van der Waals surface area contributed by atoms with Crippen LogP contribution < -0.4 is 9.64 Å². The topological polar surface area (TPSA) is 35.9 Å². The van der Waals surface area contributed by atoms with E-state index in [0.29, 0.717) is 6.54 Å². The third kappa shape index (κ3) is 2.24. The Labute approximate surface area is 120 Å². The molecule has 1 saturated heterocycles. The first kappa shape index (κ1) is 13.3. The number of hydrogen-bond acceptors (Lipinski definition) is 4. The molecule has 2 aliphatic heterocycles. The van der Waals surface area contributed by atoms with Crippen molar-refractivity contribution in [2.24, 2.45) is 0 Å². The highest BCUT2D eigenvalue weighted by Gasteiger charge is 2.43. The average molecular weight is 274 g/mol. The number of methoxy groups -OCH3 is 1. The van der Waals surface area contributed by atoms with E-state index in [1.54, 1.807) is 7.11 Å². The molecule has 0 amide bonds. The Balaban J connectivity index is 1.97. The number of fused-ring (bicyclic) bond motifs is 1. The molecule has 1 unspecified atom stereocenters. The van der Waals surface area contributed by atoms with Crippen molar-refractivity contribution in [2.75, 3.05) is 25.1 Å². The Morgan fingerprint density at radius 1 is 1.20 bits per heavy atom. The summed E-state index contributed by atoms with van der Waals surface area (Å²) in [6.07, 6.45) is 5.73. The van der Waals surface area contributed by atoms with E-state index in [9.17, 15) is 5.11 Å². The third-order valence-electron chi connectivity index (χ3n) is 4.06. The smallest absolute Gasteiger partial charge is 0.158 e. The van der Waals surface area contributed by atoms with Gasteiger partial charge in [0, 0.05) is 12.2 Å². The minimum absolute atomic E-state index is 0.658. The largest absolute Gasteiger partial charge is 0.497 e. The summed E-state index contributed by atoms with van der Waals surface area (Å²) in [7, 11) is 1.66. The van der Waals surface area contributed by atoms with Crippen LogP contribution in [0.5, 0.6) is 5.75 Å². The van der Waals surface area contributed by atoms with E-state index in [1.165, 1.54) is 12.8 Å². The minimum Gasteiger partial charge on any atom is -0.497 e. The van der Waals surface area contributed by atoms with Crippen LogP contribution in [0, 0.1) is 0 Å². The lowest BCUT2D eigenvalue weighted by molar-refractivity contribution is 0.0702. The van der Waals surface area contributed by atoms with Gasteiger partial charge in [-0.15, -0.1) is 0 Å². The lowest BCUT2D eigenvalue weighted by Gasteiger charge is -2.31. The second-order valence-electron chi connectivity index (χ2n) is 5.73. The molecule has 2 aliphatic rings. The van der Waals surface area contributed by atoms with Gasteiger partial charge in [-0.2, -0.15) is 0 Å². The van der Waals surface area contributed by atoms with E-state index >= 15 is 0 Å². The fraction of sp³-hybridized carbons (Fsp3) is 0.500. The second-order valence-corrected chi connectivity index (χ2v) is 5.73. The first-order valence-electron chi connectivity index (χ1n) is 7.23. The predicted octanol–water partition coefficient (Wildman–Crippen LogP) is 2.55. The van der Waals surface area contributed by atoms with Crippen molar-refractivity contribution in [2.45, 2.75) is 31.9 Å². The molecule has 1 N–H and O–H groups in total. The van der Waals surface area contributed by atoms with E-state index < -0.39 is 5.72 Å². The summed E-state index contributed by atoms with van der Waals surface area (Å²) in [4.78, 5) is 4.33. The summed E-state index contributed by atoms with van der Waals surface area (Å²) >= 11 is 0. The molecule has 4 nitrogen and oxygen atoms in total. The predicted molar refractivity (Wildman–Crippen MR) is 79.6 cm³/mol. The highest BCUT2D eigenvalue weighted by atomic mass is 16.5. The second kappa shape index (κ2) is 5.02. The molecule has 4 heteroatoms. The highest BCUT2D eigenvalue weighted by Crippen LogP contribution is 2.37. The van der Waals surface area contributed by atoms with E-state index in [1.807, 2.05) is 36.1 Å². The molecule has 1 aromatic rings. The Kier molecular flexibility index (Phi) is 3.34. The molecule has 0 aromatic heterocycles. The van der Waals surface area contributed by atoms with Crippen molar-refractivity contribution < 1.29 is 9.84 Å². The van der Waals surface area contributed by atoms with Crippen LogP contribution >= 0.6 is 0 Å². The number of rotatable bonds is 2. The SMILES string of the molecule is COc1ccc(N2C3=CCCCCN3CC2(C)O)cc1. The molecule has 1 aromatic carbocycles. The Hall–Kier alpha value is -1.68. The number of hydrogen-bond donors (Lipinski definition) is 1. The summed E-state index contributed by atoms with van der Waals surface area (Å²) in [5, 5.41) is 10.8. The molecule has 108 valence electrons. The molecular weight excluding hydrogens is 252 g/mol. The number of ether oxygens (including phenoxy) is 1. The average Bonchev–Trinajstić information content (AvgIpc) is 2.57. The van der Waals surface area contributed by atoms with Crippen LogP contribution in [0.1, 0.15) is 26.2 Å². The van der Waals surface area contributed by atoms with Crippen LogP contribution in [0.2, 0.25) is 0 Å². The molecule has 2 heterocycles. The van der Waals surface area contributed by atoms with Gasteiger partial charge in [0.2, 0.25) is 0 Å². The van der Waals surface area contributed by atoms with Crippen molar-refractivity contribution in [3.63, 3.8) is 0 Å². The maximum atomic E-state index is 10.8. The molecule has 20 heavy (non-hydrogen) atoms. The van der Waals surface area contributed by atoms with E-state index in [2.05, 4.69) is 11.0 Å². The molecular formula is C16H22N2O2. The number of benzene rings is 1. The van der Waals surface area contributed by atoms with Gasteiger partial charge in [0.1, 0.15) is 11.6 Å². The standard InChI is InChI=1S/C16H22N2O2/c1-16(19)12-17-11-5-3-4-6-15(17)18(16)13-7-9-14(20-2)10-8-13/h6-10,19H,3-5,11-12H2,1-2H3. The van der Waals surface area contributed by atoms with Crippen LogP contribution in [-0.2, 0) is 0 Å². The van der Waals surface area contributed by atoms with Gasteiger partial charge >= 0.3 is 0 Å². The number of anilines is 1. The Morgan fingerprint density at radius 2 is 1.95 bits per heavy atom. The Bertz CT molecular complexity index is 508. The molecule has 0 aliphatic carbocycles. The molecule has 0 bridgehead atoms. The summed E-state index contributed by atoms with van der Waals surface area (Å²) in [5.74, 6) is 1.97. The van der Waals surface area contributed by atoms with Crippen LogP contribution in [0.15, 0.2) is 36.2 Å². The van der Waals surface area contributed by atoms with Gasteiger partial charge in [0.15, 0.2) is 5.72 Å². The molecule has 1 fully saturated rings. The normalized spacial score (nSPS) is 26.1. The van der Waals surface area contributed by atoms with E-state index in [4.69, 9.17) is 4.74 Å². The quantitative estimate of drug-likeness (QED) is 0.899. The van der Waals surface area contributed by atoms with Gasteiger partial charge in [-0.25, -0.2) is 0 Å². The van der Waals surface area contributed by atoms with Crippen LogP contribution in [0.3, 0.4) is 0 Å². The van der Waals surface area contributed by atoms with Gasteiger partial charge in [-0.1, -0.05) is 0 Å². The van der Waals surface area contributed by atoms with E-state index in [0.717, 1.165) is 30.2 Å². The van der Waals surface area contributed by atoms with Crippen molar-refractivity contribution in [1.29, 1.82) is 0 Å². The zero-order chi connectivity index (χ0) is 14.2. The Morgan fingerprint density at radius 3 is 2.65 bits per heavy atom. The molecule has 0 radical (unpaired) electrons. The lowest BCUT2D eigenvalue weighted by atomic mass is 10.2. The summed E-state index contributed by atoms with van der Waals surface area (Å²) < 4.78 is 5.20. The van der Waals surface area contributed by atoms with Gasteiger partial charge in [-0.3, -0.25) is 4.90 Å². The minimum atomic E-state index is -0.863. The van der Waals surface area contributed by atoms with E-state index in [-0.39, 0.29) is 0 Å². The van der Waals surface area contributed by atoms with Crippen LogP contribution in [0.4, 0.5) is 5.69 Å². The van der Waals surface area contributed by atoms with Gasteiger partial charge in [-0.05, 0) is 56.5 Å². The summed E-state index contributed by atoms with van der Waals surface area (Å²) in [6, 6.07) is 7.88. The van der Waals surface area contributed by atoms with Crippen molar-refractivity contribution in [3.8, 4) is 5.75 Å². The summed E-state index contributed by atoms with van der Waals surface area (Å²) in [5.41, 5.74) is 0.143. The van der Waals surface area contributed by atoms with Gasteiger partial charge < -0.3 is 14.7 Å². The van der Waals surface area contributed by atoms with Crippen LogP contribution in [0.25, 0.3) is 0 Å². The molecule has 0 spiro atoms. The van der Waals surface area contributed by atoms with Crippen LogP contribution in [-0.4, -0.2) is 35.9 Å². The molecule has 1 atom stereocenters. The summed E-state index contributed by atoms with van der Waals surface area (Å²) in [6.45, 7) is 3.56. The maximum absolute atomic E-state index is 10.8. The first-order valence-corrected chi connectivity index (χ1v) is 7.23. The van der Waals surface area contributed by atoms with Crippen molar-refractivity contribution in [3.05, 3.63) is 36.2 Å². The first-order chi connectivity index (χ1) is 9.62. The molecule has 0 saturated carbocycles. The van der Waals surface area contributed by atoms with Gasteiger partial charge in [0.25, 0.3) is 0 Å². The van der Waals surface area contributed by atoms with Crippen molar-refractivity contribution in [1.82, 2.24) is 4.90 Å². The zero-order valence-corrected chi connectivity index (χ0v) is 12.2. The fourth-order valence-electron chi connectivity index (χ4n) is 3.14. The lowest BCUT2D eigenvalue weighted by Crippen LogP contribution is -2.42. The maximum Gasteiger partial charge on any atom is 0.158 e. The van der Waals surface area contributed by atoms with Crippen molar-refractivity contribution >= 4 is 5.69 Å². The monoisotopic (exact) mass is 274 g/mol. The third-order valence-corrected chi connectivity index (χ3v) is 4.06. The number of nitrogens with zero attached hydrogens (tertiary/aromatic N) is 2. The fourth-order valence-corrected chi connectivity index (χ4v) is 3.14. The number of allylic oxidation sites excluding steroid dienone is 1. The van der Waals surface area contributed by atoms with Gasteiger partial charge in [0.05, 0.1) is 13.7 Å². The number of aliphatic hydroxyl groups is 1. The highest BCUT2D eigenvalue weighted by molar-refractivity contribution is 5.57. The zero-order valence-electron chi connectivity index (χ0n) is 12.2. The molecule has 3 rings (SSSR count).